The first kappa shape index (κ1) is 15.8. The molecule has 0 spiro atoms. The van der Waals surface area contributed by atoms with Gasteiger partial charge in [0.2, 0.25) is 5.91 Å². The van der Waals surface area contributed by atoms with Gasteiger partial charge in [-0.25, -0.2) is 5.43 Å². The van der Waals surface area contributed by atoms with Crippen molar-refractivity contribution in [1.82, 2.24) is 9.89 Å². The van der Waals surface area contributed by atoms with Gasteiger partial charge in [0.1, 0.15) is 0 Å². The third kappa shape index (κ3) is 2.57. The molecular formula is C21H23N3O2. The highest BCUT2D eigenvalue weighted by atomic mass is 16.2. The van der Waals surface area contributed by atoms with Gasteiger partial charge in [0, 0.05) is 17.7 Å². The van der Waals surface area contributed by atoms with Crippen molar-refractivity contribution in [1.29, 1.82) is 0 Å². The van der Waals surface area contributed by atoms with E-state index in [0.29, 0.717) is 35.5 Å². The lowest BCUT2D eigenvalue weighted by Crippen LogP contribution is -2.37. The SMILES string of the molecule is O=C(C[C@@H]1C[C@@H]2C=C[C@H]1C2)Nn1nc(C2CCC2)c2ccccc2c1=O. The summed E-state index contributed by atoms with van der Waals surface area (Å²) >= 11 is 0. The van der Waals surface area contributed by atoms with E-state index < -0.39 is 0 Å². The van der Waals surface area contributed by atoms with Gasteiger partial charge in [-0.3, -0.25) is 9.59 Å². The lowest BCUT2D eigenvalue weighted by Gasteiger charge is -2.26. The van der Waals surface area contributed by atoms with Gasteiger partial charge in [-0.15, -0.1) is 4.79 Å². The predicted octanol–water partition coefficient (Wildman–Crippen LogP) is 3.34. The summed E-state index contributed by atoms with van der Waals surface area (Å²) in [5.41, 5.74) is 3.46. The number of nitrogens with zero attached hydrogens (tertiary/aromatic N) is 2. The quantitative estimate of drug-likeness (QED) is 0.861. The fourth-order valence-corrected chi connectivity index (χ4v) is 4.80. The summed E-state index contributed by atoms with van der Waals surface area (Å²) in [7, 11) is 0. The van der Waals surface area contributed by atoms with Crippen LogP contribution in [0.15, 0.2) is 41.2 Å². The van der Waals surface area contributed by atoms with E-state index in [1.165, 1.54) is 17.6 Å². The summed E-state index contributed by atoms with van der Waals surface area (Å²) in [4.78, 5) is 26.5. The van der Waals surface area contributed by atoms with Crippen molar-refractivity contribution in [3.8, 4) is 0 Å². The Labute approximate surface area is 152 Å². The summed E-state index contributed by atoms with van der Waals surface area (Å²) in [6.07, 6.45) is 10.6. The molecule has 0 radical (unpaired) electrons. The zero-order valence-corrected chi connectivity index (χ0v) is 14.7. The van der Waals surface area contributed by atoms with Crippen LogP contribution in [0.2, 0.25) is 0 Å². The van der Waals surface area contributed by atoms with E-state index in [2.05, 4.69) is 22.7 Å². The van der Waals surface area contributed by atoms with Crippen molar-refractivity contribution in [2.75, 3.05) is 5.43 Å². The molecule has 0 aliphatic heterocycles. The number of rotatable bonds is 4. The van der Waals surface area contributed by atoms with Crippen LogP contribution in [-0.4, -0.2) is 15.8 Å². The number of amides is 1. The molecule has 2 bridgehead atoms. The van der Waals surface area contributed by atoms with Crippen molar-refractivity contribution in [2.24, 2.45) is 17.8 Å². The van der Waals surface area contributed by atoms with Gasteiger partial charge in [-0.05, 0) is 49.5 Å². The zero-order valence-electron chi connectivity index (χ0n) is 14.7. The van der Waals surface area contributed by atoms with E-state index in [1.54, 1.807) is 0 Å². The number of benzene rings is 1. The van der Waals surface area contributed by atoms with Crippen molar-refractivity contribution in [2.45, 2.75) is 44.4 Å². The molecule has 0 unspecified atom stereocenters. The van der Waals surface area contributed by atoms with Crippen molar-refractivity contribution in [3.63, 3.8) is 0 Å². The third-order valence-electron chi connectivity index (χ3n) is 6.42. The van der Waals surface area contributed by atoms with Crippen LogP contribution in [-0.2, 0) is 4.79 Å². The Kier molecular flexibility index (Phi) is 3.69. The fraction of sp³-hybridized carbons (Fsp3) is 0.476. The lowest BCUT2D eigenvalue weighted by molar-refractivity contribution is -0.118. The minimum Gasteiger partial charge on any atom is -0.273 e. The second-order valence-corrected chi connectivity index (χ2v) is 8.06. The molecular weight excluding hydrogens is 326 g/mol. The van der Waals surface area contributed by atoms with Gasteiger partial charge in [0.15, 0.2) is 0 Å². The number of hydrogen-bond donors (Lipinski definition) is 1. The number of fused-ring (bicyclic) bond motifs is 3. The minimum absolute atomic E-state index is 0.111. The second kappa shape index (κ2) is 6.08. The number of carbonyl (C=O) groups excluding carboxylic acids is 1. The number of aromatic nitrogens is 2. The Morgan fingerprint density at radius 2 is 1.96 bits per heavy atom. The molecule has 1 N–H and O–H groups in total. The number of hydrogen-bond acceptors (Lipinski definition) is 3. The molecule has 2 saturated carbocycles. The summed E-state index contributed by atoms with van der Waals surface area (Å²) in [6, 6.07) is 7.59. The maximum absolute atomic E-state index is 12.8. The van der Waals surface area contributed by atoms with Crippen molar-refractivity contribution < 1.29 is 4.79 Å². The van der Waals surface area contributed by atoms with Crippen molar-refractivity contribution in [3.05, 3.63) is 52.5 Å². The fourth-order valence-electron chi connectivity index (χ4n) is 4.80. The van der Waals surface area contributed by atoms with Crippen LogP contribution >= 0.6 is 0 Å². The van der Waals surface area contributed by atoms with Crippen molar-refractivity contribution >= 4 is 16.7 Å². The first-order chi connectivity index (χ1) is 12.7. The molecule has 3 aliphatic carbocycles. The summed E-state index contributed by atoms with van der Waals surface area (Å²) in [5, 5.41) is 6.10. The molecule has 134 valence electrons. The Hall–Kier alpha value is -2.43. The molecule has 5 heteroatoms. The van der Waals surface area contributed by atoms with Gasteiger partial charge in [0.05, 0.1) is 11.1 Å². The Bertz CT molecular complexity index is 957. The number of carbonyl (C=O) groups is 1. The molecule has 5 nitrogen and oxygen atoms in total. The molecule has 1 aromatic carbocycles. The number of nitrogens with one attached hydrogen (secondary N) is 1. The maximum atomic E-state index is 12.8. The van der Waals surface area contributed by atoms with E-state index in [-0.39, 0.29) is 11.5 Å². The minimum atomic E-state index is -0.245. The monoisotopic (exact) mass is 349 g/mol. The summed E-state index contributed by atoms with van der Waals surface area (Å²) in [5.74, 6) is 1.84. The Morgan fingerprint density at radius 3 is 2.62 bits per heavy atom. The van der Waals surface area contributed by atoms with Gasteiger partial charge in [-0.1, -0.05) is 36.8 Å². The third-order valence-corrected chi connectivity index (χ3v) is 6.42. The first-order valence-electron chi connectivity index (χ1n) is 9.69. The van der Waals surface area contributed by atoms with Crippen LogP contribution in [0.25, 0.3) is 10.8 Å². The van der Waals surface area contributed by atoms with E-state index in [4.69, 9.17) is 0 Å². The van der Waals surface area contributed by atoms with E-state index in [9.17, 15) is 9.59 Å². The van der Waals surface area contributed by atoms with Gasteiger partial charge >= 0.3 is 0 Å². The Balaban J connectivity index is 1.43. The zero-order chi connectivity index (χ0) is 17.7. The highest BCUT2D eigenvalue weighted by molar-refractivity contribution is 5.86. The van der Waals surface area contributed by atoms with E-state index in [0.717, 1.165) is 30.3 Å². The highest BCUT2D eigenvalue weighted by Crippen LogP contribution is 2.44. The standard InChI is InChI=1S/C21H23N3O2/c25-19(12-16-11-13-8-9-15(16)10-13)22-24-21(26)18-7-2-1-6-17(18)20(23-24)14-4-3-5-14/h1-2,6-9,13-16H,3-5,10-12H2,(H,22,25)/t13-,15+,16+/m1/s1. The molecule has 3 atom stereocenters. The van der Waals surface area contributed by atoms with Gasteiger partial charge in [-0.2, -0.15) is 5.10 Å². The molecule has 1 heterocycles. The molecule has 2 fully saturated rings. The normalized spacial score (nSPS) is 27.0. The molecule has 0 saturated heterocycles. The smallest absolute Gasteiger partial charge is 0.273 e. The van der Waals surface area contributed by atoms with Crippen LogP contribution < -0.4 is 11.0 Å². The van der Waals surface area contributed by atoms with Crippen LogP contribution in [0.3, 0.4) is 0 Å². The van der Waals surface area contributed by atoms with Gasteiger partial charge < -0.3 is 0 Å². The van der Waals surface area contributed by atoms with Gasteiger partial charge in [0.25, 0.3) is 5.56 Å². The average Bonchev–Trinajstić information content (AvgIpc) is 3.20. The molecule has 5 rings (SSSR count). The van der Waals surface area contributed by atoms with Crippen LogP contribution in [0.1, 0.15) is 50.1 Å². The van der Waals surface area contributed by atoms with E-state index >= 15 is 0 Å². The maximum Gasteiger partial charge on any atom is 0.294 e. The molecule has 3 aliphatic rings. The number of allylic oxidation sites excluding steroid dienone is 2. The van der Waals surface area contributed by atoms with Crippen LogP contribution in [0.5, 0.6) is 0 Å². The molecule has 1 aromatic heterocycles. The predicted molar refractivity (Wildman–Crippen MR) is 100 cm³/mol. The topological polar surface area (TPSA) is 64.0 Å². The summed E-state index contributed by atoms with van der Waals surface area (Å²) < 4.78 is 0. The molecule has 1 amide bonds. The van der Waals surface area contributed by atoms with E-state index in [1.807, 2.05) is 24.3 Å². The molecule has 26 heavy (non-hydrogen) atoms. The average molecular weight is 349 g/mol. The largest absolute Gasteiger partial charge is 0.294 e. The second-order valence-electron chi connectivity index (χ2n) is 8.06. The highest BCUT2D eigenvalue weighted by Gasteiger charge is 2.36. The van der Waals surface area contributed by atoms with Crippen LogP contribution in [0, 0.1) is 17.8 Å². The lowest BCUT2D eigenvalue weighted by atomic mass is 9.81. The molecule has 2 aromatic rings. The summed E-state index contributed by atoms with van der Waals surface area (Å²) in [6.45, 7) is 0. The Morgan fingerprint density at radius 1 is 1.15 bits per heavy atom. The van der Waals surface area contributed by atoms with Crippen LogP contribution in [0.4, 0.5) is 0 Å². The first-order valence-corrected chi connectivity index (χ1v) is 9.69.